The molecule has 0 saturated carbocycles. The number of amides is 1. The first-order chi connectivity index (χ1) is 11.7. The number of carbonyl (C=O) groups is 1. The number of benzene rings is 1. The van der Waals surface area contributed by atoms with E-state index >= 15 is 0 Å². The highest BCUT2D eigenvalue weighted by Crippen LogP contribution is 2.12. The molecule has 0 bridgehead atoms. The van der Waals surface area contributed by atoms with Gasteiger partial charge < -0.3 is 10.6 Å². The monoisotopic (exact) mass is 319 g/mol. The number of nitrogens with zero attached hydrogens (tertiary/aromatic N) is 3. The minimum absolute atomic E-state index is 0.273. The first-order valence-electron chi connectivity index (χ1n) is 7.53. The SMILES string of the molecule is Cc1ccc(NC(=O)c2cc(NCc3cccnc3)ncn2)cc1. The molecule has 0 atom stereocenters. The number of aryl methyl sites for hydroxylation is 1. The molecule has 0 aliphatic heterocycles. The molecule has 3 aromatic rings. The van der Waals surface area contributed by atoms with Crippen LogP contribution in [0, 0.1) is 6.92 Å². The van der Waals surface area contributed by atoms with Gasteiger partial charge in [-0.3, -0.25) is 9.78 Å². The van der Waals surface area contributed by atoms with E-state index in [0.717, 1.165) is 16.8 Å². The maximum atomic E-state index is 12.3. The zero-order valence-electron chi connectivity index (χ0n) is 13.2. The van der Waals surface area contributed by atoms with Crippen LogP contribution in [0.25, 0.3) is 0 Å². The van der Waals surface area contributed by atoms with Crippen molar-refractivity contribution >= 4 is 17.4 Å². The quantitative estimate of drug-likeness (QED) is 0.755. The molecule has 6 nitrogen and oxygen atoms in total. The highest BCUT2D eigenvalue weighted by molar-refractivity contribution is 6.03. The third-order valence-corrected chi connectivity index (χ3v) is 3.41. The number of anilines is 2. The zero-order valence-corrected chi connectivity index (χ0v) is 13.2. The van der Waals surface area contributed by atoms with Gasteiger partial charge in [0.25, 0.3) is 5.91 Å². The smallest absolute Gasteiger partial charge is 0.274 e. The largest absolute Gasteiger partial charge is 0.366 e. The van der Waals surface area contributed by atoms with Crippen LogP contribution in [-0.2, 0) is 6.54 Å². The van der Waals surface area contributed by atoms with Crippen LogP contribution in [0.2, 0.25) is 0 Å². The molecule has 120 valence electrons. The Morgan fingerprint density at radius 3 is 2.71 bits per heavy atom. The van der Waals surface area contributed by atoms with Gasteiger partial charge in [0.2, 0.25) is 0 Å². The van der Waals surface area contributed by atoms with Crippen molar-refractivity contribution in [3.63, 3.8) is 0 Å². The molecule has 1 aromatic carbocycles. The summed E-state index contributed by atoms with van der Waals surface area (Å²) in [4.78, 5) is 24.5. The van der Waals surface area contributed by atoms with Crippen LogP contribution < -0.4 is 10.6 Å². The van der Waals surface area contributed by atoms with Gasteiger partial charge in [0.15, 0.2) is 0 Å². The molecule has 3 rings (SSSR count). The van der Waals surface area contributed by atoms with Gasteiger partial charge in [-0.25, -0.2) is 9.97 Å². The molecule has 6 heteroatoms. The van der Waals surface area contributed by atoms with Gasteiger partial charge in [-0.15, -0.1) is 0 Å². The van der Waals surface area contributed by atoms with Crippen molar-refractivity contribution in [1.29, 1.82) is 0 Å². The van der Waals surface area contributed by atoms with Crippen molar-refractivity contribution in [1.82, 2.24) is 15.0 Å². The molecule has 0 aliphatic carbocycles. The molecule has 2 N–H and O–H groups in total. The minimum atomic E-state index is -0.273. The number of nitrogens with one attached hydrogen (secondary N) is 2. The molecule has 0 fully saturated rings. The molecule has 24 heavy (non-hydrogen) atoms. The van der Waals surface area contributed by atoms with Gasteiger partial charge in [0.1, 0.15) is 17.8 Å². The Balaban J connectivity index is 1.65. The van der Waals surface area contributed by atoms with Gasteiger partial charge in [-0.05, 0) is 30.7 Å². The fraction of sp³-hybridized carbons (Fsp3) is 0.111. The molecule has 0 aliphatic rings. The van der Waals surface area contributed by atoms with Crippen molar-refractivity contribution in [3.8, 4) is 0 Å². The number of aromatic nitrogens is 3. The van der Waals surface area contributed by atoms with Crippen LogP contribution in [-0.4, -0.2) is 20.9 Å². The fourth-order valence-corrected chi connectivity index (χ4v) is 2.11. The van der Waals surface area contributed by atoms with Crippen molar-refractivity contribution in [3.05, 3.63) is 78.0 Å². The Kier molecular flexibility index (Phi) is 4.76. The third kappa shape index (κ3) is 4.13. The van der Waals surface area contributed by atoms with Crippen LogP contribution in [0.4, 0.5) is 11.5 Å². The van der Waals surface area contributed by atoms with Crippen LogP contribution in [0.3, 0.4) is 0 Å². The van der Waals surface area contributed by atoms with E-state index in [4.69, 9.17) is 0 Å². The lowest BCUT2D eigenvalue weighted by atomic mass is 10.2. The van der Waals surface area contributed by atoms with Crippen molar-refractivity contribution in [2.75, 3.05) is 10.6 Å². The topological polar surface area (TPSA) is 79.8 Å². The Hall–Kier alpha value is -3.28. The number of hydrogen-bond acceptors (Lipinski definition) is 5. The van der Waals surface area contributed by atoms with E-state index in [1.54, 1.807) is 18.5 Å². The van der Waals surface area contributed by atoms with E-state index in [1.807, 2.05) is 43.3 Å². The van der Waals surface area contributed by atoms with E-state index in [-0.39, 0.29) is 5.91 Å². The van der Waals surface area contributed by atoms with Crippen molar-refractivity contribution < 1.29 is 4.79 Å². The van der Waals surface area contributed by atoms with Crippen LogP contribution in [0.5, 0.6) is 0 Å². The summed E-state index contributed by atoms with van der Waals surface area (Å²) in [5.41, 5.74) is 3.20. The van der Waals surface area contributed by atoms with Crippen LogP contribution >= 0.6 is 0 Å². The molecule has 0 radical (unpaired) electrons. The molecule has 1 amide bonds. The van der Waals surface area contributed by atoms with Gasteiger partial charge in [0, 0.05) is 30.7 Å². The molecular weight excluding hydrogens is 302 g/mol. The summed E-state index contributed by atoms with van der Waals surface area (Å²) in [7, 11) is 0. The lowest BCUT2D eigenvalue weighted by molar-refractivity contribution is 0.102. The normalized spacial score (nSPS) is 10.2. The van der Waals surface area contributed by atoms with Gasteiger partial charge in [0.05, 0.1) is 0 Å². The minimum Gasteiger partial charge on any atom is -0.366 e. The zero-order chi connectivity index (χ0) is 16.8. The Morgan fingerprint density at radius 2 is 1.96 bits per heavy atom. The number of pyridine rings is 1. The van der Waals surface area contributed by atoms with Crippen molar-refractivity contribution in [2.24, 2.45) is 0 Å². The lowest BCUT2D eigenvalue weighted by Crippen LogP contribution is -2.14. The van der Waals surface area contributed by atoms with E-state index in [1.165, 1.54) is 6.33 Å². The molecular formula is C18H17N5O. The second kappa shape index (κ2) is 7.32. The lowest BCUT2D eigenvalue weighted by Gasteiger charge is -2.08. The Bertz CT molecular complexity index is 818. The fourth-order valence-electron chi connectivity index (χ4n) is 2.11. The summed E-state index contributed by atoms with van der Waals surface area (Å²) >= 11 is 0. The molecule has 0 spiro atoms. The number of rotatable bonds is 5. The highest BCUT2D eigenvalue weighted by atomic mass is 16.1. The second-order valence-corrected chi connectivity index (χ2v) is 5.32. The average molecular weight is 319 g/mol. The van der Waals surface area contributed by atoms with Crippen molar-refractivity contribution in [2.45, 2.75) is 13.5 Å². The van der Waals surface area contributed by atoms with E-state index in [2.05, 4.69) is 25.6 Å². The molecule has 0 unspecified atom stereocenters. The van der Waals surface area contributed by atoms with Crippen LogP contribution in [0.15, 0.2) is 61.2 Å². The Morgan fingerprint density at radius 1 is 1.12 bits per heavy atom. The summed E-state index contributed by atoms with van der Waals surface area (Å²) < 4.78 is 0. The first-order valence-corrected chi connectivity index (χ1v) is 7.53. The summed E-state index contributed by atoms with van der Waals surface area (Å²) in [6.07, 6.45) is 4.87. The third-order valence-electron chi connectivity index (χ3n) is 3.41. The molecule has 0 saturated heterocycles. The summed E-state index contributed by atoms with van der Waals surface area (Å²) in [5.74, 6) is 0.314. The van der Waals surface area contributed by atoms with Gasteiger partial charge in [-0.2, -0.15) is 0 Å². The standard InChI is InChI=1S/C18H17N5O/c1-13-4-6-15(7-5-13)23-18(24)16-9-17(22-12-21-16)20-11-14-3-2-8-19-10-14/h2-10,12H,11H2,1H3,(H,23,24)(H,20,21,22). The average Bonchev–Trinajstić information content (AvgIpc) is 2.63. The van der Waals surface area contributed by atoms with E-state index in [0.29, 0.717) is 18.1 Å². The number of hydrogen-bond donors (Lipinski definition) is 2. The predicted molar refractivity (Wildman–Crippen MR) is 92.7 cm³/mol. The molecule has 2 aromatic heterocycles. The number of carbonyl (C=O) groups excluding carboxylic acids is 1. The van der Waals surface area contributed by atoms with E-state index < -0.39 is 0 Å². The van der Waals surface area contributed by atoms with Gasteiger partial charge >= 0.3 is 0 Å². The summed E-state index contributed by atoms with van der Waals surface area (Å²) in [6.45, 7) is 2.57. The molecule has 2 heterocycles. The summed E-state index contributed by atoms with van der Waals surface area (Å²) in [6, 6.07) is 13.1. The summed E-state index contributed by atoms with van der Waals surface area (Å²) in [5, 5.41) is 5.98. The highest BCUT2D eigenvalue weighted by Gasteiger charge is 2.09. The maximum Gasteiger partial charge on any atom is 0.274 e. The maximum absolute atomic E-state index is 12.3. The predicted octanol–water partition coefficient (Wildman–Crippen LogP) is 3.04. The van der Waals surface area contributed by atoms with Gasteiger partial charge in [-0.1, -0.05) is 23.8 Å². The Labute approximate surface area is 140 Å². The van der Waals surface area contributed by atoms with E-state index in [9.17, 15) is 4.79 Å². The first kappa shape index (κ1) is 15.6. The second-order valence-electron chi connectivity index (χ2n) is 5.32. The van der Waals surface area contributed by atoms with Crippen LogP contribution in [0.1, 0.15) is 21.6 Å².